The highest BCUT2D eigenvalue weighted by molar-refractivity contribution is 5.02. The molecule has 0 aliphatic heterocycles. The normalized spacial score (nSPS) is 13.8. The van der Waals surface area contributed by atoms with Gasteiger partial charge in [-0.1, -0.05) is 0 Å². The minimum absolute atomic E-state index is 0.258. The fourth-order valence-electron chi connectivity index (χ4n) is 1.01. The summed E-state index contributed by atoms with van der Waals surface area (Å²) in [5.74, 6) is 0. The molecule has 1 heterocycles. The molecule has 0 aromatic carbocycles. The van der Waals surface area contributed by atoms with Gasteiger partial charge in [0, 0.05) is 12.2 Å². The summed E-state index contributed by atoms with van der Waals surface area (Å²) in [6.07, 6.45) is 0.509. The number of aromatic nitrogens is 2. The molecule has 68 valence electrons. The van der Waals surface area contributed by atoms with E-state index in [2.05, 4.69) is 4.98 Å². The Labute approximate surface area is 69.2 Å². The van der Waals surface area contributed by atoms with Crippen molar-refractivity contribution in [2.45, 2.75) is 25.9 Å². The highest BCUT2D eigenvalue weighted by Crippen LogP contribution is 2.10. The average Bonchev–Trinajstić information content (AvgIpc) is 2.33. The Kier molecular flexibility index (Phi) is 2.75. The van der Waals surface area contributed by atoms with Gasteiger partial charge in [0.05, 0.1) is 18.6 Å². The second-order valence-corrected chi connectivity index (χ2v) is 2.65. The third kappa shape index (κ3) is 2.01. The molecule has 1 unspecified atom stereocenters. The van der Waals surface area contributed by atoms with Crippen LogP contribution in [0, 0.1) is 0 Å². The second-order valence-electron chi connectivity index (χ2n) is 2.65. The van der Waals surface area contributed by atoms with Crippen molar-refractivity contribution in [1.82, 2.24) is 9.55 Å². The first-order chi connectivity index (χ1) is 5.61. The summed E-state index contributed by atoms with van der Waals surface area (Å²) in [6, 6.07) is -0.258. The van der Waals surface area contributed by atoms with E-state index in [0.29, 0.717) is 5.69 Å². The predicted octanol–water partition coefficient (Wildman–Crippen LogP) is 1.17. The molecule has 1 atom stereocenters. The van der Waals surface area contributed by atoms with Crippen LogP contribution in [0.3, 0.4) is 0 Å². The van der Waals surface area contributed by atoms with E-state index in [0.717, 1.165) is 0 Å². The molecule has 12 heavy (non-hydrogen) atoms. The quantitative estimate of drug-likeness (QED) is 0.749. The number of rotatable bonds is 3. The Hall–Kier alpha value is -0.970. The standard InChI is InChI=1S/C7H11F2N3/c1-5(10)6-2-11-4-12(6)3-7(8)9/h2,4-5,7H,3,10H2,1H3. The molecule has 0 spiro atoms. The number of nitrogens with two attached hydrogens (primary N) is 1. The summed E-state index contributed by atoms with van der Waals surface area (Å²) in [7, 11) is 0. The molecule has 0 fully saturated rings. The zero-order valence-corrected chi connectivity index (χ0v) is 6.74. The van der Waals surface area contributed by atoms with Crippen LogP contribution in [0.25, 0.3) is 0 Å². The zero-order valence-electron chi connectivity index (χ0n) is 6.74. The topological polar surface area (TPSA) is 43.8 Å². The Morgan fingerprint density at radius 2 is 2.33 bits per heavy atom. The zero-order chi connectivity index (χ0) is 9.14. The Morgan fingerprint density at radius 3 is 2.83 bits per heavy atom. The first kappa shape index (κ1) is 9.12. The van der Waals surface area contributed by atoms with E-state index in [1.165, 1.54) is 17.1 Å². The van der Waals surface area contributed by atoms with Gasteiger partial charge in [-0.15, -0.1) is 0 Å². The smallest absolute Gasteiger partial charge is 0.256 e. The lowest BCUT2D eigenvalue weighted by atomic mass is 10.3. The van der Waals surface area contributed by atoms with E-state index in [-0.39, 0.29) is 12.6 Å². The van der Waals surface area contributed by atoms with E-state index in [9.17, 15) is 8.78 Å². The van der Waals surface area contributed by atoms with Gasteiger partial charge in [0.25, 0.3) is 6.43 Å². The highest BCUT2D eigenvalue weighted by Gasteiger charge is 2.10. The molecule has 0 amide bonds. The van der Waals surface area contributed by atoms with Gasteiger partial charge in [-0.25, -0.2) is 13.8 Å². The summed E-state index contributed by atoms with van der Waals surface area (Å²) in [5, 5.41) is 0. The molecule has 3 nitrogen and oxygen atoms in total. The number of alkyl halides is 2. The molecular weight excluding hydrogens is 164 g/mol. The summed E-state index contributed by atoms with van der Waals surface area (Å²) in [5.41, 5.74) is 6.16. The van der Waals surface area contributed by atoms with Crippen molar-refractivity contribution in [2.24, 2.45) is 5.73 Å². The Bertz CT molecular complexity index is 245. The fraction of sp³-hybridized carbons (Fsp3) is 0.571. The largest absolute Gasteiger partial charge is 0.327 e. The summed E-state index contributed by atoms with van der Waals surface area (Å²) < 4.78 is 25.3. The lowest BCUT2D eigenvalue weighted by molar-refractivity contribution is 0.125. The molecule has 0 radical (unpaired) electrons. The molecule has 0 saturated carbocycles. The average molecular weight is 175 g/mol. The first-order valence-corrected chi connectivity index (χ1v) is 3.65. The molecule has 1 aromatic rings. The van der Waals surface area contributed by atoms with Gasteiger partial charge in [0.2, 0.25) is 0 Å². The van der Waals surface area contributed by atoms with Gasteiger partial charge < -0.3 is 10.3 Å². The highest BCUT2D eigenvalue weighted by atomic mass is 19.3. The van der Waals surface area contributed by atoms with Crippen molar-refractivity contribution in [1.29, 1.82) is 0 Å². The monoisotopic (exact) mass is 175 g/mol. The molecule has 1 aromatic heterocycles. The Morgan fingerprint density at radius 1 is 1.67 bits per heavy atom. The van der Waals surface area contributed by atoms with Crippen LogP contribution in [0.15, 0.2) is 12.5 Å². The molecule has 2 N–H and O–H groups in total. The maximum Gasteiger partial charge on any atom is 0.256 e. The minimum Gasteiger partial charge on any atom is -0.327 e. The van der Waals surface area contributed by atoms with E-state index in [1.807, 2.05) is 0 Å². The van der Waals surface area contributed by atoms with Gasteiger partial charge in [-0.05, 0) is 6.92 Å². The SMILES string of the molecule is CC(N)c1cncn1CC(F)F. The van der Waals surface area contributed by atoms with Gasteiger partial charge in [-0.3, -0.25) is 0 Å². The van der Waals surface area contributed by atoms with E-state index in [1.54, 1.807) is 6.92 Å². The molecule has 0 aliphatic carbocycles. The van der Waals surface area contributed by atoms with Gasteiger partial charge in [0.1, 0.15) is 0 Å². The van der Waals surface area contributed by atoms with Crippen LogP contribution in [0.4, 0.5) is 8.78 Å². The summed E-state index contributed by atoms with van der Waals surface area (Å²) in [6.45, 7) is 1.40. The van der Waals surface area contributed by atoms with Crippen LogP contribution in [0.2, 0.25) is 0 Å². The van der Waals surface area contributed by atoms with Crippen molar-refractivity contribution >= 4 is 0 Å². The van der Waals surface area contributed by atoms with Crippen LogP contribution < -0.4 is 5.73 Å². The molecule has 1 rings (SSSR count). The lowest BCUT2D eigenvalue weighted by Crippen LogP contribution is -2.14. The van der Waals surface area contributed by atoms with E-state index < -0.39 is 6.43 Å². The molecule has 0 saturated heterocycles. The number of hydrogen-bond acceptors (Lipinski definition) is 2. The molecule has 0 bridgehead atoms. The summed E-state index contributed by atoms with van der Waals surface area (Å²) in [4.78, 5) is 3.75. The van der Waals surface area contributed by atoms with Crippen molar-refractivity contribution < 1.29 is 8.78 Å². The Balaban J connectivity index is 2.77. The van der Waals surface area contributed by atoms with Crippen LogP contribution in [-0.2, 0) is 6.54 Å². The van der Waals surface area contributed by atoms with Crippen LogP contribution >= 0.6 is 0 Å². The molecule has 0 aliphatic rings. The van der Waals surface area contributed by atoms with E-state index in [4.69, 9.17) is 5.73 Å². The lowest BCUT2D eigenvalue weighted by Gasteiger charge is -2.09. The van der Waals surface area contributed by atoms with Gasteiger partial charge in [-0.2, -0.15) is 0 Å². The third-order valence-electron chi connectivity index (χ3n) is 1.55. The summed E-state index contributed by atoms with van der Waals surface area (Å²) >= 11 is 0. The van der Waals surface area contributed by atoms with Crippen LogP contribution in [-0.4, -0.2) is 16.0 Å². The van der Waals surface area contributed by atoms with Crippen molar-refractivity contribution in [3.05, 3.63) is 18.2 Å². The maximum atomic E-state index is 12.0. The molecule has 5 heteroatoms. The van der Waals surface area contributed by atoms with Gasteiger partial charge in [0.15, 0.2) is 0 Å². The van der Waals surface area contributed by atoms with Crippen molar-refractivity contribution in [2.75, 3.05) is 0 Å². The third-order valence-corrected chi connectivity index (χ3v) is 1.55. The van der Waals surface area contributed by atoms with Gasteiger partial charge >= 0.3 is 0 Å². The second kappa shape index (κ2) is 3.62. The number of imidazole rings is 1. The first-order valence-electron chi connectivity index (χ1n) is 3.65. The predicted molar refractivity (Wildman–Crippen MR) is 40.8 cm³/mol. The van der Waals surface area contributed by atoms with Crippen molar-refractivity contribution in [3.8, 4) is 0 Å². The van der Waals surface area contributed by atoms with E-state index >= 15 is 0 Å². The number of hydrogen-bond donors (Lipinski definition) is 1. The minimum atomic E-state index is -2.36. The molecular formula is C7H11F2N3. The fourth-order valence-corrected chi connectivity index (χ4v) is 1.01. The van der Waals surface area contributed by atoms with Crippen molar-refractivity contribution in [3.63, 3.8) is 0 Å². The maximum absolute atomic E-state index is 12.0. The van der Waals surface area contributed by atoms with Crippen LogP contribution in [0.5, 0.6) is 0 Å². The number of halogens is 2. The number of nitrogens with zero attached hydrogens (tertiary/aromatic N) is 2. The van der Waals surface area contributed by atoms with Crippen LogP contribution in [0.1, 0.15) is 18.7 Å².